The molecule has 0 saturated heterocycles. The Kier molecular flexibility index (Phi) is 7.13. The molecule has 0 rings (SSSR count). The minimum atomic E-state index is -0.233. The van der Waals surface area contributed by atoms with Crippen molar-refractivity contribution >= 4 is 23.4 Å². The summed E-state index contributed by atoms with van der Waals surface area (Å²) in [7, 11) is 3.36. The molecule has 16 heavy (non-hydrogen) atoms. The molecule has 0 heterocycles. The highest BCUT2D eigenvalue weighted by Crippen LogP contribution is 2.06. The molecule has 0 bridgehead atoms. The van der Waals surface area contributed by atoms with Gasteiger partial charge in [0.1, 0.15) is 0 Å². The van der Waals surface area contributed by atoms with Crippen LogP contribution < -0.4 is 0 Å². The van der Waals surface area contributed by atoms with E-state index in [2.05, 4.69) is 0 Å². The summed E-state index contributed by atoms with van der Waals surface area (Å²) in [4.78, 5) is 26.5. The first-order chi connectivity index (χ1) is 7.43. The summed E-state index contributed by atoms with van der Waals surface area (Å²) in [6.45, 7) is 4.49. The number of hydrogen-bond donors (Lipinski definition) is 0. The topological polar surface area (TPSA) is 40.6 Å². The predicted molar refractivity (Wildman–Crippen MR) is 65.4 cm³/mol. The Labute approximate surface area is 103 Å². The van der Waals surface area contributed by atoms with Crippen molar-refractivity contribution in [2.75, 3.05) is 33.1 Å². The first-order valence-corrected chi connectivity index (χ1v) is 6.02. The van der Waals surface area contributed by atoms with Gasteiger partial charge in [-0.15, -0.1) is 11.6 Å². The second-order valence-corrected chi connectivity index (χ2v) is 4.41. The van der Waals surface area contributed by atoms with Crippen molar-refractivity contribution in [2.24, 2.45) is 5.92 Å². The number of rotatable bonds is 6. The summed E-state index contributed by atoms with van der Waals surface area (Å²) in [6.07, 6.45) is 0.835. The lowest BCUT2D eigenvalue weighted by Crippen LogP contribution is -2.43. The maximum atomic E-state index is 11.9. The maximum Gasteiger partial charge on any atom is 0.241 e. The molecule has 0 spiro atoms. The zero-order valence-electron chi connectivity index (χ0n) is 10.5. The Balaban J connectivity index is 4.48. The Morgan fingerprint density at radius 2 is 1.88 bits per heavy atom. The SMILES string of the molecule is CCCN(CC(=O)N(C)C)C(=O)C(C)CCl. The zero-order valence-corrected chi connectivity index (χ0v) is 11.3. The Morgan fingerprint density at radius 3 is 2.25 bits per heavy atom. The third-order valence-corrected chi connectivity index (χ3v) is 2.75. The molecule has 0 aromatic carbocycles. The quantitative estimate of drug-likeness (QED) is 0.663. The van der Waals surface area contributed by atoms with E-state index in [0.717, 1.165) is 6.42 Å². The molecule has 0 fully saturated rings. The van der Waals surface area contributed by atoms with Gasteiger partial charge in [0.15, 0.2) is 0 Å². The highest BCUT2D eigenvalue weighted by molar-refractivity contribution is 6.19. The molecule has 0 aliphatic rings. The van der Waals surface area contributed by atoms with Gasteiger partial charge in [-0.05, 0) is 6.42 Å². The molecule has 0 aliphatic heterocycles. The lowest BCUT2D eigenvalue weighted by Gasteiger charge is -2.25. The number of likely N-dealkylation sites (N-methyl/N-ethyl adjacent to an activating group) is 1. The van der Waals surface area contributed by atoms with E-state index in [1.54, 1.807) is 25.9 Å². The van der Waals surface area contributed by atoms with E-state index >= 15 is 0 Å². The number of alkyl halides is 1. The number of nitrogens with zero attached hydrogens (tertiary/aromatic N) is 2. The van der Waals surface area contributed by atoms with Crippen LogP contribution in [0.2, 0.25) is 0 Å². The van der Waals surface area contributed by atoms with Gasteiger partial charge in [0.05, 0.1) is 6.54 Å². The third kappa shape index (κ3) is 4.84. The molecule has 4 nitrogen and oxygen atoms in total. The second-order valence-electron chi connectivity index (χ2n) is 4.10. The van der Waals surface area contributed by atoms with Crippen LogP contribution in [0.3, 0.4) is 0 Å². The smallest absolute Gasteiger partial charge is 0.241 e. The van der Waals surface area contributed by atoms with Crippen LogP contribution in [0, 0.1) is 5.92 Å². The summed E-state index contributed by atoms with van der Waals surface area (Å²) in [5.74, 6) is -0.0614. The average Bonchev–Trinajstić information content (AvgIpc) is 2.26. The van der Waals surface area contributed by atoms with E-state index in [-0.39, 0.29) is 30.2 Å². The normalized spacial score (nSPS) is 12.1. The Hall–Kier alpha value is -0.770. The molecule has 0 aliphatic carbocycles. The molecular formula is C11H21ClN2O2. The molecule has 0 radical (unpaired) electrons. The van der Waals surface area contributed by atoms with Crippen LogP contribution in [0.1, 0.15) is 20.3 Å². The van der Waals surface area contributed by atoms with E-state index in [9.17, 15) is 9.59 Å². The van der Waals surface area contributed by atoms with Crippen molar-refractivity contribution in [1.82, 2.24) is 9.80 Å². The Morgan fingerprint density at radius 1 is 1.31 bits per heavy atom. The first kappa shape index (κ1) is 15.2. The van der Waals surface area contributed by atoms with Gasteiger partial charge in [0.2, 0.25) is 11.8 Å². The van der Waals surface area contributed by atoms with E-state index < -0.39 is 0 Å². The van der Waals surface area contributed by atoms with Crippen molar-refractivity contribution < 1.29 is 9.59 Å². The van der Waals surface area contributed by atoms with Crippen LogP contribution in [0.25, 0.3) is 0 Å². The van der Waals surface area contributed by atoms with Crippen molar-refractivity contribution in [2.45, 2.75) is 20.3 Å². The summed E-state index contributed by atoms with van der Waals surface area (Å²) >= 11 is 5.65. The van der Waals surface area contributed by atoms with Crippen LogP contribution in [-0.4, -0.2) is 54.7 Å². The molecule has 0 aromatic rings. The maximum absolute atomic E-state index is 11.9. The van der Waals surface area contributed by atoms with Gasteiger partial charge in [-0.25, -0.2) is 0 Å². The number of amides is 2. The van der Waals surface area contributed by atoms with Crippen LogP contribution in [-0.2, 0) is 9.59 Å². The van der Waals surface area contributed by atoms with E-state index in [1.807, 2.05) is 6.92 Å². The standard InChI is InChI=1S/C11H21ClN2O2/c1-5-6-14(8-10(15)13(3)4)11(16)9(2)7-12/h9H,5-8H2,1-4H3. The van der Waals surface area contributed by atoms with Crippen LogP contribution in [0.4, 0.5) is 0 Å². The molecule has 0 aromatic heterocycles. The monoisotopic (exact) mass is 248 g/mol. The minimum absolute atomic E-state index is 0.0490. The summed E-state index contributed by atoms with van der Waals surface area (Å²) < 4.78 is 0. The molecule has 94 valence electrons. The van der Waals surface area contributed by atoms with Crippen molar-refractivity contribution in [3.05, 3.63) is 0 Å². The second kappa shape index (κ2) is 7.49. The average molecular weight is 249 g/mol. The van der Waals surface area contributed by atoms with Gasteiger partial charge < -0.3 is 9.80 Å². The van der Waals surface area contributed by atoms with Crippen molar-refractivity contribution in [1.29, 1.82) is 0 Å². The van der Waals surface area contributed by atoms with E-state index in [1.165, 1.54) is 4.90 Å². The van der Waals surface area contributed by atoms with Gasteiger partial charge in [-0.2, -0.15) is 0 Å². The number of halogens is 1. The van der Waals surface area contributed by atoms with Crippen molar-refractivity contribution in [3.63, 3.8) is 0 Å². The van der Waals surface area contributed by atoms with Crippen LogP contribution >= 0.6 is 11.6 Å². The number of carbonyl (C=O) groups excluding carboxylic acids is 2. The summed E-state index contributed by atoms with van der Waals surface area (Å²) in [6, 6.07) is 0. The fraction of sp³-hybridized carbons (Fsp3) is 0.818. The van der Waals surface area contributed by atoms with Crippen molar-refractivity contribution in [3.8, 4) is 0 Å². The summed E-state index contributed by atoms with van der Waals surface area (Å²) in [5, 5.41) is 0. The number of carbonyl (C=O) groups is 2. The lowest BCUT2D eigenvalue weighted by molar-refractivity contribution is -0.141. The Bertz CT molecular complexity index is 244. The molecule has 0 saturated carbocycles. The molecule has 0 N–H and O–H groups in total. The fourth-order valence-corrected chi connectivity index (χ4v) is 1.35. The van der Waals surface area contributed by atoms with Gasteiger partial charge in [0, 0.05) is 32.4 Å². The molecule has 1 unspecified atom stereocenters. The zero-order chi connectivity index (χ0) is 12.7. The summed E-state index contributed by atoms with van der Waals surface area (Å²) in [5.41, 5.74) is 0. The minimum Gasteiger partial charge on any atom is -0.347 e. The first-order valence-electron chi connectivity index (χ1n) is 5.48. The lowest BCUT2D eigenvalue weighted by atomic mass is 10.2. The highest BCUT2D eigenvalue weighted by atomic mass is 35.5. The van der Waals surface area contributed by atoms with E-state index in [0.29, 0.717) is 6.54 Å². The van der Waals surface area contributed by atoms with E-state index in [4.69, 9.17) is 11.6 Å². The van der Waals surface area contributed by atoms with Gasteiger partial charge >= 0.3 is 0 Å². The predicted octanol–water partition coefficient (Wildman–Crippen LogP) is 1.19. The molecular weight excluding hydrogens is 228 g/mol. The third-order valence-electron chi connectivity index (χ3n) is 2.28. The molecule has 1 atom stereocenters. The number of hydrogen-bond acceptors (Lipinski definition) is 2. The highest BCUT2D eigenvalue weighted by Gasteiger charge is 2.21. The molecule has 5 heteroatoms. The van der Waals surface area contributed by atoms with Gasteiger partial charge in [0.25, 0.3) is 0 Å². The molecule has 2 amide bonds. The van der Waals surface area contributed by atoms with Crippen LogP contribution in [0.5, 0.6) is 0 Å². The fourth-order valence-electron chi connectivity index (χ4n) is 1.22. The van der Waals surface area contributed by atoms with Crippen LogP contribution in [0.15, 0.2) is 0 Å². The van der Waals surface area contributed by atoms with Gasteiger partial charge in [-0.1, -0.05) is 13.8 Å². The van der Waals surface area contributed by atoms with Gasteiger partial charge in [-0.3, -0.25) is 9.59 Å². The largest absolute Gasteiger partial charge is 0.347 e.